The van der Waals surface area contributed by atoms with Crippen molar-refractivity contribution in [3.8, 4) is 0 Å². The van der Waals surface area contributed by atoms with Gasteiger partial charge in [-0.05, 0) is 57.0 Å². The molecule has 0 saturated carbocycles. The third-order valence-electron chi connectivity index (χ3n) is 4.79. The summed E-state index contributed by atoms with van der Waals surface area (Å²) in [5, 5.41) is 0. The first-order valence-electron chi connectivity index (χ1n) is 7.45. The Labute approximate surface area is 135 Å². The molecule has 0 aromatic heterocycles. The molecular weight excluding hydrogens is 352 g/mol. The van der Waals surface area contributed by atoms with Crippen LogP contribution in [0.5, 0.6) is 0 Å². The highest BCUT2D eigenvalue weighted by Crippen LogP contribution is 2.33. The minimum Gasteiger partial charge on any atom is -0.300 e. The predicted octanol–water partition coefficient (Wildman–Crippen LogP) is 2.74. The van der Waals surface area contributed by atoms with Gasteiger partial charge in [-0.2, -0.15) is 0 Å². The zero-order valence-corrected chi connectivity index (χ0v) is 14.5. The van der Waals surface area contributed by atoms with Gasteiger partial charge in [0.25, 0.3) is 0 Å². The van der Waals surface area contributed by atoms with Crippen molar-refractivity contribution in [1.82, 2.24) is 9.62 Å². The number of fused-ring (bicyclic) bond motifs is 2. The fraction of sp³-hybridized carbons (Fsp3) is 0.600. The fourth-order valence-electron chi connectivity index (χ4n) is 3.61. The molecule has 2 aliphatic rings. The van der Waals surface area contributed by atoms with E-state index in [0.29, 0.717) is 17.0 Å². The second kappa shape index (κ2) is 5.99. The van der Waals surface area contributed by atoms with Crippen LogP contribution in [0.4, 0.5) is 0 Å². The van der Waals surface area contributed by atoms with E-state index in [4.69, 9.17) is 0 Å². The average molecular weight is 373 g/mol. The molecule has 2 heterocycles. The van der Waals surface area contributed by atoms with Crippen molar-refractivity contribution in [3.05, 3.63) is 28.7 Å². The zero-order valence-electron chi connectivity index (χ0n) is 12.1. The molecule has 1 aromatic carbocycles. The third-order valence-corrected chi connectivity index (χ3v) is 6.85. The van der Waals surface area contributed by atoms with Gasteiger partial charge < -0.3 is 4.90 Å². The summed E-state index contributed by atoms with van der Waals surface area (Å²) in [6, 6.07) is 7.91. The minimum absolute atomic E-state index is 0.0603. The van der Waals surface area contributed by atoms with Crippen LogP contribution in [-0.4, -0.2) is 38.5 Å². The Bertz CT molecular complexity index is 589. The molecule has 21 heavy (non-hydrogen) atoms. The average Bonchev–Trinajstić information content (AvgIpc) is 2.40. The van der Waals surface area contributed by atoms with Crippen LogP contribution in [0.3, 0.4) is 0 Å². The third kappa shape index (κ3) is 3.33. The van der Waals surface area contributed by atoms with Gasteiger partial charge in [-0.15, -0.1) is 0 Å². The first-order chi connectivity index (χ1) is 9.95. The number of nitrogens with zero attached hydrogens (tertiary/aromatic N) is 1. The highest BCUT2D eigenvalue weighted by Gasteiger charge is 2.37. The highest BCUT2D eigenvalue weighted by atomic mass is 79.9. The van der Waals surface area contributed by atoms with E-state index in [1.807, 2.05) is 0 Å². The van der Waals surface area contributed by atoms with E-state index in [9.17, 15) is 8.42 Å². The topological polar surface area (TPSA) is 49.4 Å². The van der Waals surface area contributed by atoms with Gasteiger partial charge in [-0.1, -0.05) is 22.4 Å². The van der Waals surface area contributed by atoms with Crippen molar-refractivity contribution in [2.45, 2.75) is 55.1 Å². The molecule has 0 radical (unpaired) electrons. The maximum absolute atomic E-state index is 12.5. The minimum atomic E-state index is -3.41. The van der Waals surface area contributed by atoms with E-state index in [0.717, 1.165) is 17.3 Å². The number of nitrogens with one attached hydrogen (secondary N) is 1. The van der Waals surface area contributed by atoms with E-state index in [-0.39, 0.29) is 6.04 Å². The van der Waals surface area contributed by atoms with Crippen LogP contribution < -0.4 is 4.72 Å². The lowest BCUT2D eigenvalue weighted by Crippen LogP contribution is -2.55. The Kier molecular flexibility index (Phi) is 4.41. The lowest BCUT2D eigenvalue weighted by molar-refractivity contribution is 0.0536. The van der Waals surface area contributed by atoms with Crippen molar-refractivity contribution in [2.24, 2.45) is 0 Å². The van der Waals surface area contributed by atoms with Crippen LogP contribution in [-0.2, 0) is 10.0 Å². The molecule has 4 nitrogen and oxygen atoms in total. The Morgan fingerprint density at radius 1 is 1.14 bits per heavy atom. The van der Waals surface area contributed by atoms with Crippen molar-refractivity contribution >= 4 is 26.0 Å². The molecule has 6 heteroatoms. The van der Waals surface area contributed by atoms with Crippen LogP contribution in [0.2, 0.25) is 0 Å². The normalized spacial score (nSPS) is 30.3. The molecule has 0 aliphatic carbocycles. The summed E-state index contributed by atoms with van der Waals surface area (Å²) in [5.41, 5.74) is 0. The number of rotatable bonds is 3. The van der Waals surface area contributed by atoms with Gasteiger partial charge in [-0.25, -0.2) is 13.1 Å². The number of hydrogen-bond acceptors (Lipinski definition) is 3. The number of piperidine rings is 2. The summed E-state index contributed by atoms with van der Waals surface area (Å²) in [7, 11) is -1.24. The van der Waals surface area contributed by atoms with Crippen molar-refractivity contribution in [2.75, 3.05) is 7.05 Å². The van der Waals surface area contributed by atoms with Gasteiger partial charge in [0.2, 0.25) is 10.0 Å². The molecule has 116 valence electrons. The van der Waals surface area contributed by atoms with Crippen molar-refractivity contribution in [1.29, 1.82) is 0 Å². The van der Waals surface area contributed by atoms with Gasteiger partial charge in [0, 0.05) is 22.6 Å². The van der Waals surface area contributed by atoms with Gasteiger partial charge in [0.05, 0.1) is 4.90 Å². The number of halogens is 1. The van der Waals surface area contributed by atoms with Crippen LogP contribution in [0.1, 0.15) is 32.1 Å². The molecule has 2 atom stereocenters. The lowest BCUT2D eigenvalue weighted by Gasteiger charge is -2.47. The largest absolute Gasteiger partial charge is 0.300 e. The zero-order chi connectivity index (χ0) is 15.0. The van der Waals surface area contributed by atoms with Crippen LogP contribution in [0, 0.1) is 0 Å². The molecular formula is C15H21BrN2O2S. The Balaban J connectivity index is 1.73. The van der Waals surface area contributed by atoms with E-state index in [2.05, 4.69) is 32.6 Å². The van der Waals surface area contributed by atoms with Crippen molar-refractivity contribution < 1.29 is 8.42 Å². The quantitative estimate of drug-likeness (QED) is 0.887. The van der Waals surface area contributed by atoms with Crippen LogP contribution >= 0.6 is 15.9 Å². The summed E-state index contributed by atoms with van der Waals surface area (Å²) >= 11 is 3.33. The lowest BCUT2D eigenvalue weighted by atomic mass is 9.83. The second-order valence-corrected chi connectivity index (χ2v) is 8.78. The molecule has 0 spiro atoms. The van der Waals surface area contributed by atoms with Crippen LogP contribution in [0.25, 0.3) is 0 Å². The van der Waals surface area contributed by atoms with Crippen LogP contribution in [0.15, 0.2) is 33.6 Å². The van der Waals surface area contributed by atoms with E-state index in [1.165, 1.54) is 19.3 Å². The summed E-state index contributed by atoms with van der Waals surface area (Å²) in [5.74, 6) is 0. The summed E-state index contributed by atoms with van der Waals surface area (Å²) in [4.78, 5) is 2.78. The maximum Gasteiger partial charge on any atom is 0.240 e. The SMILES string of the molecule is CN1C2CCCC1CC(NS(=O)(=O)c1ccc(Br)cc1)C2. The smallest absolute Gasteiger partial charge is 0.240 e. The fourth-order valence-corrected chi connectivity index (χ4v) is 5.14. The Morgan fingerprint density at radius 3 is 2.29 bits per heavy atom. The Morgan fingerprint density at radius 2 is 1.71 bits per heavy atom. The molecule has 1 N–H and O–H groups in total. The summed E-state index contributed by atoms with van der Waals surface area (Å²) in [6.07, 6.45) is 5.48. The van der Waals surface area contributed by atoms with Gasteiger partial charge in [0.1, 0.15) is 0 Å². The van der Waals surface area contributed by atoms with Gasteiger partial charge >= 0.3 is 0 Å². The molecule has 1 aromatic rings. The molecule has 2 fully saturated rings. The predicted molar refractivity (Wildman–Crippen MR) is 86.7 cm³/mol. The second-order valence-electron chi connectivity index (χ2n) is 6.15. The number of hydrogen-bond donors (Lipinski definition) is 1. The van der Waals surface area contributed by atoms with Crippen molar-refractivity contribution in [3.63, 3.8) is 0 Å². The number of sulfonamides is 1. The van der Waals surface area contributed by atoms with E-state index >= 15 is 0 Å². The van der Waals surface area contributed by atoms with Gasteiger partial charge in [-0.3, -0.25) is 0 Å². The molecule has 2 bridgehead atoms. The summed E-state index contributed by atoms with van der Waals surface area (Å²) < 4.78 is 28.7. The standard InChI is InChI=1S/C15H21BrN2O2S/c1-18-13-3-2-4-14(18)10-12(9-13)17-21(19,20)15-7-5-11(16)6-8-15/h5-8,12-14,17H,2-4,9-10H2,1H3. The number of benzene rings is 1. The van der Waals surface area contributed by atoms with E-state index in [1.54, 1.807) is 24.3 Å². The molecule has 0 amide bonds. The first-order valence-corrected chi connectivity index (χ1v) is 9.73. The summed E-state index contributed by atoms with van der Waals surface area (Å²) in [6.45, 7) is 0. The first kappa shape index (κ1) is 15.5. The Hall–Kier alpha value is -0.430. The molecule has 2 aliphatic heterocycles. The molecule has 2 saturated heterocycles. The monoisotopic (exact) mass is 372 g/mol. The maximum atomic E-state index is 12.5. The highest BCUT2D eigenvalue weighted by molar-refractivity contribution is 9.10. The van der Waals surface area contributed by atoms with Gasteiger partial charge in [0.15, 0.2) is 0 Å². The van der Waals surface area contributed by atoms with E-state index < -0.39 is 10.0 Å². The molecule has 2 unspecified atom stereocenters. The molecule has 3 rings (SSSR count).